The van der Waals surface area contributed by atoms with E-state index in [9.17, 15) is 18.8 Å². The number of rotatable bonds is 7. The van der Waals surface area contributed by atoms with Gasteiger partial charge in [-0.25, -0.2) is 14.2 Å². The van der Waals surface area contributed by atoms with Gasteiger partial charge < -0.3 is 25.8 Å². The van der Waals surface area contributed by atoms with E-state index in [1.54, 1.807) is 19.1 Å². The van der Waals surface area contributed by atoms with Crippen LogP contribution in [-0.4, -0.2) is 62.8 Å². The number of nitrogens with one attached hydrogen (secondary N) is 2. The largest absolute Gasteiger partial charge is 0.351 e. The van der Waals surface area contributed by atoms with Gasteiger partial charge in [-0.2, -0.15) is 0 Å². The molecule has 2 fully saturated rings. The maximum atomic E-state index is 14.1. The molecule has 1 unspecified atom stereocenters. The minimum Gasteiger partial charge on any atom is -0.351 e. The number of para-hydroxylation sites is 1. The topological polar surface area (TPSA) is 124 Å². The molecule has 2 aliphatic heterocycles. The van der Waals surface area contributed by atoms with Crippen molar-refractivity contribution in [3.8, 4) is 0 Å². The molecule has 0 saturated carbocycles. The molecular formula is C26H37FN6O3. The average Bonchev–Trinajstić information content (AvgIpc) is 3.33. The summed E-state index contributed by atoms with van der Waals surface area (Å²) < 4.78 is 14.1. The lowest BCUT2D eigenvalue weighted by molar-refractivity contribution is -0.141. The summed E-state index contributed by atoms with van der Waals surface area (Å²) in [6, 6.07) is 3.25. The summed E-state index contributed by atoms with van der Waals surface area (Å²) in [5, 5.41) is 2.96. The van der Waals surface area contributed by atoms with Gasteiger partial charge in [0.1, 0.15) is 11.3 Å². The molecule has 36 heavy (non-hydrogen) atoms. The first-order valence-corrected chi connectivity index (χ1v) is 13.1. The second-order valence-electron chi connectivity index (χ2n) is 10.0. The van der Waals surface area contributed by atoms with Crippen molar-refractivity contribution in [3.63, 3.8) is 0 Å². The molecule has 2 aromatic rings. The summed E-state index contributed by atoms with van der Waals surface area (Å²) in [4.78, 5) is 50.2. The smallest absolute Gasteiger partial charge is 0.315 e. The minimum atomic E-state index is -0.742. The molecule has 0 spiro atoms. The van der Waals surface area contributed by atoms with E-state index < -0.39 is 29.8 Å². The zero-order valence-corrected chi connectivity index (χ0v) is 21.1. The van der Waals surface area contributed by atoms with Gasteiger partial charge in [0.05, 0.1) is 17.5 Å². The quantitative estimate of drug-likeness (QED) is 0.537. The van der Waals surface area contributed by atoms with Gasteiger partial charge in [0.2, 0.25) is 11.8 Å². The van der Waals surface area contributed by atoms with Crippen LogP contribution in [0, 0.1) is 11.7 Å². The van der Waals surface area contributed by atoms with Gasteiger partial charge >= 0.3 is 6.03 Å². The summed E-state index contributed by atoms with van der Waals surface area (Å²) in [6.45, 7) is 5.00. The van der Waals surface area contributed by atoms with Crippen molar-refractivity contribution < 1.29 is 18.8 Å². The number of fused-ring (bicyclic) bond motifs is 1. The summed E-state index contributed by atoms with van der Waals surface area (Å²) in [6.07, 6.45) is 6.18. The third-order valence-electron chi connectivity index (χ3n) is 7.70. The van der Waals surface area contributed by atoms with E-state index in [2.05, 4.69) is 22.2 Å². The normalized spacial score (nSPS) is 22.3. The van der Waals surface area contributed by atoms with Crippen LogP contribution in [0.4, 0.5) is 9.18 Å². The molecular weight excluding hydrogens is 463 g/mol. The molecule has 2 aliphatic rings. The molecule has 0 aliphatic carbocycles. The Kier molecular flexibility index (Phi) is 8.11. The maximum absolute atomic E-state index is 14.1. The summed E-state index contributed by atoms with van der Waals surface area (Å²) in [5.74, 6) is -1.15. The first-order chi connectivity index (χ1) is 17.3. The number of imidazole rings is 1. The van der Waals surface area contributed by atoms with Crippen LogP contribution in [0.15, 0.2) is 18.2 Å². The number of likely N-dealkylation sites (tertiary alicyclic amines) is 2. The van der Waals surface area contributed by atoms with Crippen LogP contribution in [0.2, 0.25) is 0 Å². The van der Waals surface area contributed by atoms with E-state index in [0.29, 0.717) is 30.9 Å². The van der Waals surface area contributed by atoms with Gasteiger partial charge in [0.25, 0.3) is 0 Å². The van der Waals surface area contributed by atoms with Gasteiger partial charge in [-0.15, -0.1) is 0 Å². The Hall–Kier alpha value is -3.17. The van der Waals surface area contributed by atoms with Crippen LogP contribution in [0.1, 0.15) is 77.1 Å². The molecule has 3 heterocycles. The number of urea groups is 1. The second-order valence-corrected chi connectivity index (χ2v) is 10.0. The Morgan fingerprint density at radius 2 is 1.89 bits per heavy atom. The number of halogens is 1. The van der Waals surface area contributed by atoms with E-state index in [-0.39, 0.29) is 29.8 Å². The van der Waals surface area contributed by atoms with Crippen LogP contribution in [-0.2, 0) is 9.59 Å². The Morgan fingerprint density at radius 3 is 2.58 bits per heavy atom. The third-order valence-corrected chi connectivity index (χ3v) is 7.70. The number of carbonyl (C=O) groups is 3. The fourth-order valence-corrected chi connectivity index (χ4v) is 5.72. The van der Waals surface area contributed by atoms with Crippen molar-refractivity contribution in [2.45, 2.75) is 83.3 Å². The molecule has 1 aromatic carbocycles. The Morgan fingerprint density at radius 1 is 1.17 bits per heavy atom. The molecule has 4 N–H and O–H groups in total. The Bertz CT molecular complexity index is 1100. The highest BCUT2D eigenvalue weighted by atomic mass is 19.1. The molecule has 0 bridgehead atoms. The molecule has 4 rings (SSSR count). The van der Waals surface area contributed by atoms with Crippen LogP contribution in [0.25, 0.3) is 11.0 Å². The third kappa shape index (κ3) is 5.47. The molecule has 196 valence electrons. The molecule has 1 aromatic heterocycles. The lowest BCUT2D eigenvalue weighted by Crippen LogP contribution is -2.55. The number of H-pyrrole nitrogens is 1. The SMILES string of the molecule is CC[C@H]1CCCCN1C(=O)C[C@H](C(=O)N[C@@H](C)c1nc2c(F)cccc2[nH]1)C1CCCCN1C(N)=O. The maximum Gasteiger partial charge on any atom is 0.315 e. The van der Waals surface area contributed by atoms with Crippen molar-refractivity contribution in [1.29, 1.82) is 0 Å². The Balaban J connectivity index is 1.56. The zero-order valence-electron chi connectivity index (χ0n) is 21.1. The van der Waals surface area contributed by atoms with Crippen LogP contribution in [0.3, 0.4) is 0 Å². The van der Waals surface area contributed by atoms with Crippen molar-refractivity contribution in [1.82, 2.24) is 25.1 Å². The predicted octanol–water partition coefficient (Wildman–Crippen LogP) is 3.61. The van der Waals surface area contributed by atoms with E-state index in [1.165, 1.54) is 11.0 Å². The van der Waals surface area contributed by atoms with Gasteiger partial charge in [-0.3, -0.25) is 9.59 Å². The number of aromatic amines is 1. The number of carbonyl (C=O) groups excluding carboxylic acids is 3. The number of primary amides is 1. The van der Waals surface area contributed by atoms with E-state index in [1.807, 2.05) is 4.90 Å². The fourth-order valence-electron chi connectivity index (χ4n) is 5.72. The highest BCUT2D eigenvalue weighted by molar-refractivity contribution is 5.87. The molecule has 2 saturated heterocycles. The predicted molar refractivity (Wildman–Crippen MR) is 134 cm³/mol. The second kappa shape index (κ2) is 11.3. The van der Waals surface area contributed by atoms with Crippen molar-refractivity contribution in [3.05, 3.63) is 29.8 Å². The van der Waals surface area contributed by atoms with Crippen molar-refractivity contribution >= 4 is 28.9 Å². The fraction of sp³-hybridized carbons (Fsp3) is 0.615. The number of amides is 4. The number of piperidine rings is 2. The van der Waals surface area contributed by atoms with E-state index in [4.69, 9.17) is 5.73 Å². The van der Waals surface area contributed by atoms with Gasteiger partial charge in [0, 0.05) is 31.6 Å². The van der Waals surface area contributed by atoms with Gasteiger partial charge in [-0.1, -0.05) is 13.0 Å². The van der Waals surface area contributed by atoms with Gasteiger partial charge in [-0.05, 0) is 64.0 Å². The van der Waals surface area contributed by atoms with Crippen LogP contribution in [0.5, 0.6) is 0 Å². The average molecular weight is 501 g/mol. The number of hydrogen-bond acceptors (Lipinski definition) is 4. The number of nitrogens with zero attached hydrogens (tertiary/aromatic N) is 3. The molecule has 0 radical (unpaired) electrons. The summed E-state index contributed by atoms with van der Waals surface area (Å²) in [5.41, 5.74) is 6.43. The highest BCUT2D eigenvalue weighted by Crippen LogP contribution is 2.29. The van der Waals surface area contributed by atoms with Crippen molar-refractivity contribution in [2.24, 2.45) is 11.7 Å². The molecule has 4 atom stereocenters. The summed E-state index contributed by atoms with van der Waals surface area (Å²) in [7, 11) is 0. The number of aromatic nitrogens is 2. The molecule has 4 amide bonds. The monoisotopic (exact) mass is 500 g/mol. The molecule has 9 nitrogen and oxygen atoms in total. The van der Waals surface area contributed by atoms with E-state index >= 15 is 0 Å². The first kappa shape index (κ1) is 25.9. The zero-order chi connectivity index (χ0) is 25.8. The van der Waals surface area contributed by atoms with Crippen LogP contribution < -0.4 is 11.1 Å². The highest BCUT2D eigenvalue weighted by Gasteiger charge is 2.39. The summed E-state index contributed by atoms with van der Waals surface area (Å²) >= 11 is 0. The lowest BCUT2D eigenvalue weighted by Gasteiger charge is -2.41. The first-order valence-electron chi connectivity index (χ1n) is 13.1. The van der Waals surface area contributed by atoms with Crippen molar-refractivity contribution in [2.75, 3.05) is 13.1 Å². The van der Waals surface area contributed by atoms with Crippen LogP contribution >= 0.6 is 0 Å². The molecule has 10 heteroatoms. The number of benzene rings is 1. The Labute approximate surface area is 211 Å². The van der Waals surface area contributed by atoms with E-state index in [0.717, 1.165) is 38.5 Å². The minimum absolute atomic E-state index is 0.0122. The number of hydrogen-bond donors (Lipinski definition) is 3. The van der Waals surface area contributed by atoms with Gasteiger partial charge in [0.15, 0.2) is 5.82 Å². The standard InChI is InChI=1S/C26H37FN6O3/c1-3-17-9-4-6-13-32(17)22(34)15-18(21-12-5-7-14-33(21)26(28)36)25(35)29-16(2)24-30-20-11-8-10-19(27)23(20)31-24/h8,10-11,16-18,21H,3-7,9,12-15H2,1-2H3,(H2,28,36)(H,29,35)(H,30,31)/t16-,17-,18-,21?/m0/s1. The number of nitrogens with two attached hydrogens (primary N) is 1. The lowest BCUT2D eigenvalue weighted by atomic mass is 9.86.